The Balaban J connectivity index is 2.24. The van der Waals surface area contributed by atoms with Gasteiger partial charge in [-0.05, 0) is 12.5 Å². The summed E-state index contributed by atoms with van der Waals surface area (Å²) in [7, 11) is -2.23. The Kier molecular flexibility index (Phi) is 4.94. The first-order chi connectivity index (χ1) is 10.3. The van der Waals surface area contributed by atoms with Crippen LogP contribution < -0.4 is 4.72 Å². The van der Waals surface area contributed by atoms with Crippen LogP contribution in [0.1, 0.15) is 25.0 Å². The highest BCUT2D eigenvalue weighted by Gasteiger charge is 2.27. The van der Waals surface area contributed by atoms with Gasteiger partial charge in [0.25, 0.3) is 0 Å². The lowest BCUT2D eigenvalue weighted by molar-refractivity contribution is 0.133. The summed E-state index contributed by atoms with van der Waals surface area (Å²) < 4.78 is 42.0. The number of aryl methyl sites for hydroxylation is 1. The third-order valence-electron chi connectivity index (χ3n) is 3.34. The second-order valence-corrected chi connectivity index (χ2v) is 6.67. The van der Waals surface area contributed by atoms with E-state index < -0.39 is 28.0 Å². The maximum atomic E-state index is 13.7. The highest BCUT2D eigenvalue weighted by atomic mass is 32.2. The van der Waals surface area contributed by atoms with Crippen LogP contribution in [0.5, 0.6) is 0 Å². The van der Waals surface area contributed by atoms with Crippen molar-refractivity contribution in [1.29, 1.82) is 0 Å². The molecule has 0 bridgehead atoms. The number of halogens is 1. The van der Waals surface area contributed by atoms with Gasteiger partial charge in [-0.1, -0.05) is 25.1 Å². The highest BCUT2D eigenvalue weighted by Crippen LogP contribution is 2.23. The second kappa shape index (κ2) is 6.55. The first kappa shape index (κ1) is 16.6. The molecule has 0 aliphatic heterocycles. The molecule has 1 aromatic heterocycles. The van der Waals surface area contributed by atoms with Gasteiger partial charge in [-0.3, -0.25) is 4.68 Å². The molecule has 1 heterocycles. The molecule has 2 N–H and O–H groups in total. The SMILES string of the molecule is CC[C@H](NS(=O)(=O)c1cnn(C)c1)[C@H](O)c1ccccc1F. The number of aliphatic hydroxyl groups is 1. The minimum atomic E-state index is -3.83. The van der Waals surface area contributed by atoms with Gasteiger partial charge < -0.3 is 5.11 Å². The number of aliphatic hydroxyl groups excluding tert-OH is 1. The molecule has 6 nitrogen and oxygen atoms in total. The number of benzene rings is 1. The van der Waals surface area contributed by atoms with E-state index in [2.05, 4.69) is 9.82 Å². The average molecular weight is 327 g/mol. The highest BCUT2D eigenvalue weighted by molar-refractivity contribution is 7.89. The van der Waals surface area contributed by atoms with Crippen LogP contribution in [0.2, 0.25) is 0 Å². The Bertz CT molecular complexity index is 745. The molecule has 0 unspecified atom stereocenters. The largest absolute Gasteiger partial charge is 0.387 e. The van der Waals surface area contributed by atoms with Crippen molar-refractivity contribution >= 4 is 10.0 Å². The fourth-order valence-electron chi connectivity index (χ4n) is 2.11. The van der Waals surface area contributed by atoms with Crippen LogP contribution >= 0.6 is 0 Å². The van der Waals surface area contributed by atoms with Crippen molar-refractivity contribution in [2.45, 2.75) is 30.4 Å². The summed E-state index contributed by atoms with van der Waals surface area (Å²) in [5.41, 5.74) is 0.0586. The van der Waals surface area contributed by atoms with Crippen LogP contribution in [0.15, 0.2) is 41.6 Å². The van der Waals surface area contributed by atoms with Crippen molar-refractivity contribution in [3.8, 4) is 0 Å². The van der Waals surface area contributed by atoms with Crippen LogP contribution in [0, 0.1) is 5.82 Å². The van der Waals surface area contributed by atoms with Gasteiger partial charge in [-0.2, -0.15) is 5.10 Å². The Labute approximate surface area is 128 Å². The Hall–Kier alpha value is -1.77. The van der Waals surface area contributed by atoms with Crippen molar-refractivity contribution in [2.75, 3.05) is 0 Å². The molecule has 0 saturated carbocycles. The molecule has 0 radical (unpaired) electrons. The maximum Gasteiger partial charge on any atom is 0.244 e. The normalized spacial score (nSPS) is 14.7. The molecule has 2 atom stereocenters. The van der Waals surface area contributed by atoms with E-state index in [0.717, 1.165) is 0 Å². The average Bonchev–Trinajstić information content (AvgIpc) is 2.92. The van der Waals surface area contributed by atoms with Crippen LogP contribution in [0.25, 0.3) is 0 Å². The van der Waals surface area contributed by atoms with E-state index in [0.29, 0.717) is 6.42 Å². The smallest absolute Gasteiger partial charge is 0.244 e. The molecule has 22 heavy (non-hydrogen) atoms. The second-order valence-electron chi connectivity index (χ2n) is 4.95. The van der Waals surface area contributed by atoms with E-state index in [1.165, 1.54) is 35.3 Å². The lowest BCUT2D eigenvalue weighted by Crippen LogP contribution is -2.39. The predicted octanol–water partition coefficient (Wildman–Crippen LogP) is 1.35. The summed E-state index contributed by atoms with van der Waals surface area (Å²) in [4.78, 5) is -0.00539. The molecular formula is C14H18FN3O3S. The topological polar surface area (TPSA) is 84.2 Å². The van der Waals surface area contributed by atoms with Gasteiger partial charge in [0.15, 0.2) is 0 Å². The number of hydrogen-bond acceptors (Lipinski definition) is 4. The first-order valence-electron chi connectivity index (χ1n) is 6.78. The standard InChI is InChI=1S/C14H18FN3O3S/c1-3-13(14(19)11-6-4-5-7-12(11)15)17-22(20,21)10-8-16-18(2)9-10/h4-9,13-14,17,19H,3H2,1-2H3/t13-,14+/m0/s1. The molecule has 0 fully saturated rings. The lowest BCUT2D eigenvalue weighted by atomic mass is 10.0. The maximum absolute atomic E-state index is 13.7. The van der Waals surface area contributed by atoms with Crippen molar-refractivity contribution in [1.82, 2.24) is 14.5 Å². The van der Waals surface area contributed by atoms with E-state index in [1.54, 1.807) is 20.0 Å². The summed E-state index contributed by atoms with van der Waals surface area (Å²) in [5.74, 6) is -0.575. The number of sulfonamides is 1. The monoisotopic (exact) mass is 327 g/mol. The summed E-state index contributed by atoms with van der Waals surface area (Å²) in [6.45, 7) is 1.71. The molecule has 1 aromatic carbocycles. The van der Waals surface area contributed by atoms with Crippen LogP contribution in [-0.2, 0) is 17.1 Å². The van der Waals surface area contributed by atoms with E-state index in [9.17, 15) is 17.9 Å². The molecule has 0 saturated heterocycles. The zero-order valence-electron chi connectivity index (χ0n) is 12.3. The lowest BCUT2D eigenvalue weighted by Gasteiger charge is -2.23. The zero-order valence-corrected chi connectivity index (χ0v) is 13.1. The number of nitrogens with one attached hydrogen (secondary N) is 1. The molecule has 0 amide bonds. The number of rotatable bonds is 6. The molecular weight excluding hydrogens is 309 g/mol. The van der Waals surface area contributed by atoms with Gasteiger partial charge in [0.05, 0.1) is 18.3 Å². The van der Waals surface area contributed by atoms with Crippen LogP contribution in [0.4, 0.5) is 4.39 Å². The van der Waals surface area contributed by atoms with Crippen LogP contribution in [-0.4, -0.2) is 29.3 Å². The van der Waals surface area contributed by atoms with Crippen molar-refractivity contribution in [2.24, 2.45) is 7.05 Å². The van der Waals surface area contributed by atoms with E-state index >= 15 is 0 Å². The minimum Gasteiger partial charge on any atom is -0.387 e. The fraction of sp³-hybridized carbons (Fsp3) is 0.357. The predicted molar refractivity (Wildman–Crippen MR) is 79.0 cm³/mol. The summed E-state index contributed by atoms with van der Waals surface area (Å²) in [6.07, 6.45) is 1.59. The van der Waals surface area contributed by atoms with Gasteiger partial charge in [0.2, 0.25) is 10.0 Å². The third-order valence-corrected chi connectivity index (χ3v) is 4.79. The summed E-state index contributed by atoms with van der Waals surface area (Å²) in [6, 6.07) is 4.90. The van der Waals surface area contributed by atoms with E-state index in [4.69, 9.17) is 0 Å². The Morgan fingerprint density at radius 2 is 2.09 bits per heavy atom. The quantitative estimate of drug-likeness (QED) is 0.839. The van der Waals surface area contributed by atoms with Gasteiger partial charge in [-0.25, -0.2) is 17.5 Å². The third kappa shape index (κ3) is 3.52. The van der Waals surface area contributed by atoms with Gasteiger partial charge >= 0.3 is 0 Å². The number of nitrogens with zero attached hydrogens (tertiary/aromatic N) is 2. The van der Waals surface area contributed by atoms with E-state index in [1.807, 2.05) is 0 Å². The summed E-state index contributed by atoms with van der Waals surface area (Å²) >= 11 is 0. The first-order valence-corrected chi connectivity index (χ1v) is 8.27. The van der Waals surface area contributed by atoms with Crippen molar-refractivity contribution in [3.05, 3.63) is 48.0 Å². The zero-order chi connectivity index (χ0) is 16.3. The molecule has 120 valence electrons. The molecule has 0 aliphatic carbocycles. The number of aromatic nitrogens is 2. The molecule has 0 aliphatic rings. The Morgan fingerprint density at radius 1 is 1.41 bits per heavy atom. The minimum absolute atomic E-state index is 0.00539. The van der Waals surface area contributed by atoms with Gasteiger partial charge in [0.1, 0.15) is 10.7 Å². The molecule has 8 heteroatoms. The number of hydrogen-bond donors (Lipinski definition) is 2. The van der Waals surface area contributed by atoms with Gasteiger partial charge in [0, 0.05) is 18.8 Å². The summed E-state index contributed by atoms with van der Waals surface area (Å²) in [5, 5.41) is 14.1. The Morgan fingerprint density at radius 3 is 2.64 bits per heavy atom. The van der Waals surface area contributed by atoms with Crippen molar-refractivity contribution in [3.63, 3.8) is 0 Å². The molecule has 2 aromatic rings. The fourth-order valence-corrected chi connectivity index (χ4v) is 3.42. The van der Waals surface area contributed by atoms with Gasteiger partial charge in [-0.15, -0.1) is 0 Å². The molecule has 2 rings (SSSR count). The van der Waals surface area contributed by atoms with Crippen LogP contribution in [0.3, 0.4) is 0 Å². The van der Waals surface area contributed by atoms with Crippen molar-refractivity contribution < 1.29 is 17.9 Å². The molecule has 0 spiro atoms. The van der Waals surface area contributed by atoms with E-state index in [-0.39, 0.29) is 10.5 Å².